The van der Waals surface area contributed by atoms with Crippen LogP contribution in [0.2, 0.25) is 0 Å². The summed E-state index contributed by atoms with van der Waals surface area (Å²) in [6.45, 7) is 0.00642. The van der Waals surface area contributed by atoms with Crippen molar-refractivity contribution in [2.75, 3.05) is 30.9 Å². The maximum Gasteiger partial charge on any atom is 0.428 e. The van der Waals surface area contributed by atoms with E-state index in [0.29, 0.717) is 12.0 Å². The van der Waals surface area contributed by atoms with E-state index in [-0.39, 0.29) is 40.7 Å². The highest BCUT2D eigenvalue weighted by atomic mass is 32.2. The number of carboxylic acid groups (broad SMARTS) is 1. The van der Waals surface area contributed by atoms with Gasteiger partial charge in [-0.05, 0) is 66.0 Å². The topological polar surface area (TPSA) is 156 Å². The first-order chi connectivity index (χ1) is 17.8. The van der Waals surface area contributed by atoms with Crippen LogP contribution in [-0.4, -0.2) is 55.5 Å². The molecule has 2 aromatic rings. The molecule has 0 spiro atoms. The molecule has 5 rings (SSSR count). The van der Waals surface area contributed by atoms with Gasteiger partial charge in [-0.3, -0.25) is 4.18 Å². The molecule has 2 fully saturated rings. The van der Waals surface area contributed by atoms with Crippen molar-refractivity contribution < 1.29 is 49.6 Å². The number of anilines is 1. The van der Waals surface area contributed by atoms with Crippen molar-refractivity contribution in [3.8, 4) is 5.75 Å². The van der Waals surface area contributed by atoms with Gasteiger partial charge >= 0.3 is 6.09 Å². The van der Waals surface area contributed by atoms with E-state index in [0.717, 1.165) is 38.0 Å². The fourth-order valence-corrected chi connectivity index (χ4v) is 7.03. The maximum atomic E-state index is 14.2. The van der Waals surface area contributed by atoms with E-state index in [1.54, 1.807) is 0 Å². The molecule has 0 N–H and O–H groups in total. The van der Waals surface area contributed by atoms with E-state index in [9.17, 15) is 35.9 Å². The number of ether oxygens (including phenoxy) is 2. The number of sulfonamides is 1. The molecule has 2 saturated carbocycles. The minimum Gasteiger partial charge on any atom is -0.545 e. The number of hydrogen-bond donors (Lipinski definition) is 0. The lowest BCUT2D eigenvalue weighted by molar-refractivity contribution is -0.255. The van der Waals surface area contributed by atoms with Crippen LogP contribution in [0, 0.1) is 17.7 Å². The number of aromatic carboxylic acids is 1. The van der Waals surface area contributed by atoms with Gasteiger partial charge in [0, 0.05) is 5.92 Å². The van der Waals surface area contributed by atoms with Gasteiger partial charge in [0.25, 0.3) is 20.1 Å². The summed E-state index contributed by atoms with van der Waals surface area (Å²) in [6, 6.07) is 5.53. The lowest BCUT2D eigenvalue weighted by atomic mass is 10.00. The molecule has 38 heavy (non-hydrogen) atoms. The van der Waals surface area contributed by atoms with E-state index in [4.69, 9.17) is 13.7 Å². The molecule has 204 valence electrons. The number of carbonyl (C=O) groups is 2. The molecule has 1 amide bonds. The number of nitrogens with zero attached hydrogens (tertiary/aromatic N) is 1. The second-order valence-corrected chi connectivity index (χ2v) is 13.0. The first-order valence-corrected chi connectivity index (χ1v) is 14.9. The molecule has 0 aromatic heterocycles. The first kappa shape index (κ1) is 26.4. The van der Waals surface area contributed by atoms with Gasteiger partial charge in [-0.2, -0.15) is 12.7 Å². The summed E-state index contributed by atoms with van der Waals surface area (Å²) in [5, 5.41) is 12.2. The fourth-order valence-electron chi connectivity index (χ4n) is 4.98. The largest absolute Gasteiger partial charge is 0.545 e. The van der Waals surface area contributed by atoms with Gasteiger partial charge < -0.3 is 19.4 Å². The van der Waals surface area contributed by atoms with Crippen LogP contribution in [0.25, 0.3) is 0 Å². The molecule has 2 aliphatic carbocycles. The van der Waals surface area contributed by atoms with Crippen molar-refractivity contribution in [2.24, 2.45) is 11.8 Å². The Kier molecular flexibility index (Phi) is 6.39. The number of hydrogen-bond acceptors (Lipinski definition) is 10. The number of carboxylic acids is 1. The summed E-state index contributed by atoms with van der Waals surface area (Å²) < 4.78 is 80.2. The summed E-state index contributed by atoms with van der Waals surface area (Å²) in [7, 11) is -7.71. The fraction of sp³-hybridized carbons (Fsp3) is 0.417. The molecule has 14 heteroatoms. The Morgan fingerprint density at radius 1 is 1.11 bits per heavy atom. The summed E-state index contributed by atoms with van der Waals surface area (Å²) in [5.74, 6) is -3.27. The number of methoxy groups -OCH3 is 1. The second-order valence-electron chi connectivity index (χ2n) is 9.59. The molecule has 1 aliphatic heterocycles. The van der Waals surface area contributed by atoms with Crippen LogP contribution < -0.4 is 14.1 Å². The van der Waals surface area contributed by atoms with Gasteiger partial charge in [0.2, 0.25) is 0 Å². The van der Waals surface area contributed by atoms with E-state index in [1.807, 2.05) is 0 Å². The van der Waals surface area contributed by atoms with Crippen molar-refractivity contribution >= 4 is 37.9 Å². The van der Waals surface area contributed by atoms with E-state index >= 15 is 0 Å². The highest BCUT2D eigenvalue weighted by Gasteiger charge is 2.47. The normalized spacial score (nSPS) is 23.4. The Bertz CT molecular complexity index is 1560. The van der Waals surface area contributed by atoms with E-state index in [1.165, 1.54) is 12.1 Å². The Labute approximate surface area is 218 Å². The molecular weight excluding hydrogens is 545 g/mol. The van der Waals surface area contributed by atoms with Crippen molar-refractivity contribution in [3.63, 3.8) is 0 Å². The van der Waals surface area contributed by atoms with Crippen LogP contribution in [-0.2, 0) is 29.1 Å². The quantitative estimate of drug-likeness (QED) is 0.430. The van der Waals surface area contributed by atoms with Gasteiger partial charge in [0.1, 0.15) is 11.6 Å². The van der Waals surface area contributed by atoms with Crippen LogP contribution in [0.1, 0.15) is 46.2 Å². The zero-order valence-corrected chi connectivity index (χ0v) is 21.9. The number of benzene rings is 2. The second kappa shape index (κ2) is 9.20. The molecule has 1 heterocycles. The van der Waals surface area contributed by atoms with Crippen molar-refractivity contribution in [3.05, 3.63) is 52.8 Å². The van der Waals surface area contributed by atoms with Crippen LogP contribution in [0.4, 0.5) is 14.9 Å². The van der Waals surface area contributed by atoms with Gasteiger partial charge in [-0.1, -0.05) is 6.07 Å². The minimum atomic E-state index is -4.88. The summed E-state index contributed by atoms with van der Waals surface area (Å²) in [5.41, 5.74) is -0.583. The zero-order chi connectivity index (χ0) is 27.6. The Morgan fingerprint density at radius 2 is 1.84 bits per heavy atom. The molecule has 0 bridgehead atoms. The average molecular weight is 569 g/mol. The molecule has 3 aliphatic rings. The summed E-state index contributed by atoms with van der Waals surface area (Å²) >= 11 is 0. The lowest BCUT2D eigenvalue weighted by Gasteiger charge is -2.28. The third-order valence-electron chi connectivity index (χ3n) is 7.00. The Hall–Kier alpha value is -3.23. The first-order valence-electron chi connectivity index (χ1n) is 11.6. The van der Waals surface area contributed by atoms with Gasteiger partial charge in [-0.15, -0.1) is 0 Å². The monoisotopic (exact) mass is 568 g/mol. The predicted octanol–water partition coefficient (Wildman–Crippen LogP) is 1.73. The van der Waals surface area contributed by atoms with Gasteiger partial charge in [-0.25, -0.2) is 17.6 Å². The Morgan fingerprint density at radius 3 is 2.50 bits per heavy atom. The van der Waals surface area contributed by atoms with Crippen LogP contribution >= 0.6 is 0 Å². The maximum absolute atomic E-state index is 14.2. The van der Waals surface area contributed by atoms with Gasteiger partial charge in [0.15, 0.2) is 0 Å². The molecule has 0 saturated heterocycles. The molecule has 4 atom stereocenters. The highest BCUT2D eigenvalue weighted by molar-refractivity contribution is 7.93. The van der Waals surface area contributed by atoms with Crippen molar-refractivity contribution in [1.29, 1.82) is 0 Å². The third-order valence-corrected chi connectivity index (χ3v) is 9.32. The lowest BCUT2D eigenvalue weighted by Crippen LogP contribution is -2.39. The van der Waals surface area contributed by atoms with Crippen LogP contribution in [0.15, 0.2) is 35.2 Å². The van der Waals surface area contributed by atoms with E-state index in [2.05, 4.69) is 0 Å². The summed E-state index contributed by atoms with van der Waals surface area (Å²) in [4.78, 5) is 24.7. The molecule has 2 aromatic carbocycles. The smallest absolute Gasteiger partial charge is 0.428 e. The zero-order valence-electron chi connectivity index (χ0n) is 20.2. The van der Waals surface area contributed by atoms with Crippen LogP contribution in [0.3, 0.4) is 0 Å². The van der Waals surface area contributed by atoms with Crippen molar-refractivity contribution in [1.82, 2.24) is 0 Å². The molecular formula is C24H23FNO10S2-. The van der Waals surface area contributed by atoms with Gasteiger partial charge in [0.05, 0.1) is 48.7 Å². The summed E-state index contributed by atoms with van der Waals surface area (Å²) in [6.07, 6.45) is 0.564. The number of carbonyl (C=O) groups excluding carboxylic acids is 2. The average Bonchev–Trinajstić information content (AvgIpc) is 3.75. The molecule has 0 radical (unpaired) electrons. The molecule has 4 unspecified atom stereocenters. The van der Waals surface area contributed by atoms with E-state index < -0.39 is 66.0 Å². The Balaban J connectivity index is 1.60. The highest BCUT2D eigenvalue weighted by Crippen LogP contribution is 2.56. The third kappa shape index (κ3) is 4.71. The standard InChI is InChI=1S/C24H24FNO10S2/c1-34-24(29)26(19-5-4-15-16-7-12(16)10-35-22(15)21(19)23(27)28)38(32,33)20-6-3-14(25)9-18(20)17-8-13(17)11-36-37(2,30)31/h3-6,9,12-13,16-17H,7-8,10-11H2,1-2H3,(H,27,28)/p-1. The number of halogens is 1. The molecule has 11 nitrogen and oxygen atoms in total. The van der Waals surface area contributed by atoms with Crippen molar-refractivity contribution in [2.45, 2.75) is 29.6 Å². The number of fused-ring (bicyclic) bond motifs is 3. The minimum absolute atomic E-state index is 0.00830. The predicted molar refractivity (Wildman–Crippen MR) is 127 cm³/mol. The number of amides is 1. The van der Waals surface area contributed by atoms with Crippen LogP contribution in [0.5, 0.6) is 5.75 Å². The number of rotatable bonds is 8. The SMILES string of the molecule is COC(=O)N(c1ccc2c(c1C(=O)[O-])OCC1CC21)S(=O)(=O)c1ccc(F)cc1C1CC1COS(C)(=O)=O.